The molecule has 0 spiro atoms. The first-order valence-corrected chi connectivity index (χ1v) is 19.7. The molecular formula is C42H49FN8O6. The Morgan fingerprint density at radius 1 is 0.684 bits per heavy atom. The number of aromatic amines is 2. The van der Waals surface area contributed by atoms with E-state index in [0.29, 0.717) is 29.6 Å². The molecule has 4 N–H and O–H groups in total. The van der Waals surface area contributed by atoms with Crippen LogP contribution in [-0.4, -0.2) is 92.1 Å². The van der Waals surface area contributed by atoms with Gasteiger partial charge in [-0.25, -0.2) is 19.6 Å². The van der Waals surface area contributed by atoms with Crippen LogP contribution in [0.1, 0.15) is 77.1 Å². The molecule has 57 heavy (non-hydrogen) atoms. The van der Waals surface area contributed by atoms with E-state index in [4.69, 9.17) is 14.5 Å². The molecule has 2 saturated carbocycles. The molecule has 4 aliphatic rings. The third kappa shape index (κ3) is 7.23. The van der Waals surface area contributed by atoms with Gasteiger partial charge < -0.3 is 39.9 Å². The normalized spacial score (nSPS) is 24.2. The maximum atomic E-state index is 15.5. The van der Waals surface area contributed by atoms with Gasteiger partial charge in [0.1, 0.15) is 29.4 Å². The van der Waals surface area contributed by atoms with Gasteiger partial charge in [-0.3, -0.25) is 9.59 Å². The molecular weight excluding hydrogens is 732 g/mol. The van der Waals surface area contributed by atoms with Crippen molar-refractivity contribution in [3.8, 4) is 33.6 Å². The highest BCUT2D eigenvalue weighted by atomic mass is 19.1. The number of H-pyrrole nitrogens is 2. The second-order valence-electron chi connectivity index (χ2n) is 16.4. The number of benzene rings is 2. The maximum absolute atomic E-state index is 15.5. The fraction of sp³-hybridized carbons (Fsp3) is 0.476. The van der Waals surface area contributed by atoms with Crippen LogP contribution >= 0.6 is 0 Å². The summed E-state index contributed by atoms with van der Waals surface area (Å²) < 4.78 is 25.0. The van der Waals surface area contributed by atoms with Crippen LogP contribution in [0.2, 0.25) is 0 Å². The van der Waals surface area contributed by atoms with Crippen molar-refractivity contribution in [2.24, 2.45) is 23.7 Å². The van der Waals surface area contributed by atoms with Crippen molar-refractivity contribution in [2.75, 3.05) is 14.2 Å². The van der Waals surface area contributed by atoms with Gasteiger partial charge in [-0.15, -0.1) is 0 Å². The number of likely N-dealkylation sites (tertiary alicyclic amines) is 2. The lowest BCUT2D eigenvalue weighted by atomic mass is 10.0. The lowest BCUT2D eigenvalue weighted by molar-refractivity contribution is -0.137. The number of carbonyl (C=O) groups is 4. The minimum atomic E-state index is -0.774. The second kappa shape index (κ2) is 15.0. The van der Waals surface area contributed by atoms with E-state index in [2.05, 4.69) is 25.6 Å². The van der Waals surface area contributed by atoms with Crippen molar-refractivity contribution in [2.45, 2.75) is 89.6 Å². The van der Waals surface area contributed by atoms with Crippen LogP contribution in [0.4, 0.5) is 14.0 Å². The number of halogens is 1. The van der Waals surface area contributed by atoms with Gasteiger partial charge in [-0.1, -0.05) is 76.2 Å². The van der Waals surface area contributed by atoms with Crippen LogP contribution in [0.5, 0.6) is 0 Å². The first kappa shape index (κ1) is 38.2. The summed E-state index contributed by atoms with van der Waals surface area (Å²) in [5, 5.41) is 5.39. The lowest BCUT2D eigenvalue weighted by Gasteiger charge is -2.31. The number of nitrogens with one attached hydrogen (secondary N) is 4. The summed E-state index contributed by atoms with van der Waals surface area (Å²) in [6.45, 7) is 7.53. The highest BCUT2D eigenvalue weighted by Crippen LogP contribution is 2.54. The zero-order valence-electron chi connectivity index (χ0n) is 32.9. The van der Waals surface area contributed by atoms with Crippen LogP contribution in [0, 0.1) is 29.6 Å². The Morgan fingerprint density at radius 2 is 1.14 bits per heavy atom. The Bertz CT molecular complexity index is 2170. The van der Waals surface area contributed by atoms with Crippen LogP contribution < -0.4 is 10.6 Å². The average molecular weight is 781 g/mol. The SMILES string of the molecule is COC(=O)N[C@H](C(=O)N1[C@@H]2C[C@@H]2C[C@H]1c1nc(-c2ccc(-c3ccc(-c4nc([C@@H]5C[C@H]6C[C@H]6N5C(=O)[C@@H](NC(=O)OC)C(C)C)[nH]c4F)cc3)cc2)c[nH]1)C(C)C. The van der Waals surface area contributed by atoms with Crippen LogP contribution in [0.3, 0.4) is 0 Å². The molecule has 14 nitrogen and oxygen atoms in total. The highest BCUT2D eigenvalue weighted by molar-refractivity contribution is 5.88. The predicted octanol–water partition coefficient (Wildman–Crippen LogP) is 6.36. The molecule has 4 fully saturated rings. The van der Waals surface area contributed by atoms with Gasteiger partial charge in [0.2, 0.25) is 17.8 Å². The van der Waals surface area contributed by atoms with E-state index in [0.717, 1.165) is 47.5 Å². The number of fused-ring (bicyclic) bond motifs is 2. The Morgan fingerprint density at radius 3 is 1.61 bits per heavy atom. The molecule has 8 atom stereocenters. The topological polar surface area (TPSA) is 175 Å². The number of nitrogens with zero attached hydrogens (tertiary/aromatic N) is 4. The molecule has 4 aromatic rings. The Balaban J connectivity index is 0.947. The number of ether oxygens (including phenoxy) is 2. The van der Waals surface area contributed by atoms with E-state index in [1.807, 2.05) is 87.3 Å². The minimum absolute atomic E-state index is 0.0419. The van der Waals surface area contributed by atoms with E-state index < -0.39 is 36.3 Å². The van der Waals surface area contributed by atoms with Gasteiger partial charge in [0.15, 0.2) is 0 Å². The van der Waals surface area contributed by atoms with E-state index in [9.17, 15) is 19.2 Å². The molecule has 8 rings (SSSR count). The molecule has 0 radical (unpaired) electrons. The maximum Gasteiger partial charge on any atom is 0.407 e. The number of amides is 4. The van der Waals surface area contributed by atoms with Crippen LogP contribution in [-0.2, 0) is 19.1 Å². The zero-order chi connectivity index (χ0) is 40.3. The van der Waals surface area contributed by atoms with Crippen molar-refractivity contribution in [1.82, 2.24) is 40.4 Å². The van der Waals surface area contributed by atoms with E-state index in [-0.39, 0.29) is 47.5 Å². The Hall–Kier alpha value is -5.73. The summed E-state index contributed by atoms with van der Waals surface area (Å²) >= 11 is 0. The van der Waals surface area contributed by atoms with Gasteiger partial charge in [0, 0.05) is 29.4 Å². The van der Waals surface area contributed by atoms with Gasteiger partial charge in [0.05, 0.1) is 32.0 Å². The summed E-state index contributed by atoms with van der Waals surface area (Å²) in [7, 11) is 2.55. The average Bonchev–Trinajstić information content (AvgIpc) is 3.85. The summed E-state index contributed by atoms with van der Waals surface area (Å²) in [5.41, 5.74) is 4.36. The third-order valence-corrected chi connectivity index (χ3v) is 12.1. The molecule has 4 amide bonds. The molecule has 4 heterocycles. The summed E-state index contributed by atoms with van der Waals surface area (Å²) in [6.07, 6.45) is 3.89. The number of methoxy groups -OCH3 is 2. The molecule has 2 aliphatic heterocycles. The monoisotopic (exact) mass is 780 g/mol. The highest BCUT2D eigenvalue weighted by Gasteiger charge is 2.57. The van der Waals surface area contributed by atoms with Gasteiger partial charge >= 0.3 is 12.2 Å². The third-order valence-electron chi connectivity index (χ3n) is 12.1. The first-order valence-electron chi connectivity index (χ1n) is 19.7. The van der Waals surface area contributed by atoms with Crippen molar-refractivity contribution in [3.05, 3.63) is 72.3 Å². The summed E-state index contributed by atoms with van der Waals surface area (Å²) in [6, 6.07) is 13.6. The minimum Gasteiger partial charge on any atom is -0.453 e. The van der Waals surface area contributed by atoms with E-state index >= 15 is 4.39 Å². The van der Waals surface area contributed by atoms with Crippen molar-refractivity contribution in [1.29, 1.82) is 0 Å². The number of alkyl carbamates (subject to hydrolysis) is 2. The molecule has 2 aromatic carbocycles. The summed E-state index contributed by atoms with van der Waals surface area (Å²) in [4.78, 5) is 71.0. The molecule has 0 bridgehead atoms. The number of hydrogen-bond donors (Lipinski definition) is 4. The van der Waals surface area contributed by atoms with Crippen molar-refractivity contribution >= 4 is 24.0 Å². The van der Waals surface area contributed by atoms with Gasteiger partial charge in [-0.05, 0) is 60.5 Å². The van der Waals surface area contributed by atoms with Crippen molar-refractivity contribution < 1.29 is 33.0 Å². The molecule has 2 aliphatic carbocycles. The lowest BCUT2D eigenvalue weighted by Crippen LogP contribution is -2.52. The van der Waals surface area contributed by atoms with Gasteiger partial charge in [0.25, 0.3) is 0 Å². The number of rotatable bonds is 11. The first-order chi connectivity index (χ1) is 27.4. The molecule has 15 heteroatoms. The fourth-order valence-corrected chi connectivity index (χ4v) is 8.78. The second-order valence-corrected chi connectivity index (χ2v) is 16.4. The zero-order valence-corrected chi connectivity index (χ0v) is 32.9. The number of imidazole rings is 2. The molecule has 300 valence electrons. The largest absolute Gasteiger partial charge is 0.453 e. The van der Waals surface area contributed by atoms with Crippen LogP contribution in [0.15, 0.2) is 54.7 Å². The standard InChI is InChI=1S/C42H49FN8O6/c1-20(2)33(47-41(54)56-5)39(52)50-29-15-26(29)17-31(50)37-44-19-28(45-37)24-11-7-22(8-12-24)23-9-13-25(14-10-23)35-36(43)49-38(46-35)32-18-27-16-30(27)51(32)40(53)34(21(3)4)48-42(55)57-6/h7-14,19-21,26-27,29-34H,15-18H2,1-6H3,(H,44,45)(H,46,49)(H,47,54)(H,48,55)/t26-,27-,29-,30-,31+,32+,33+,34+/m1/s1. The summed E-state index contributed by atoms with van der Waals surface area (Å²) in [5.74, 6) is 0.662. The van der Waals surface area contributed by atoms with Crippen LogP contribution in [0.25, 0.3) is 33.6 Å². The molecule has 2 saturated heterocycles. The smallest absolute Gasteiger partial charge is 0.407 e. The number of hydrogen-bond acceptors (Lipinski definition) is 8. The number of carbonyl (C=O) groups excluding carboxylic acids is 4. The number of aromatic nitrogens is 4. The van der Waals surface area contributed by atoms with E-state index in [1.165, 1.54) is 14.2 Å². The predicted molar refractivity (Wildman–Crippen MR) is 208 cm³/mol. The molecule has 2 aromatic heterocycles. The quantitative estimate of drug-likeness (QED) is 0.136. The Kier molecular flexibility index (Phi) is 10.0. The number of piperidine rings is 2. The van der Waals surface area contributed by atoms with E-state index in [1.54, 1.807) is 4.90 Å². The fourth-order valence-electron chi connectivity index (χ4n) is 8.78. The van der Waals surface area contributed by atoms with Crippen molar-refractivity contribution in [3.63, 3.8) is 0 Å². The molecule has 0 unspecified atom stereocenters. The van der Waals surface area contributed by atoms with Gasteiger partial charge in [-0.2, -0.15) is 4.39 Å². The Labute approximate surface area is 330 Å².